The Morgan fingerprint density at radius 2 is 1.89 bits per heavy atom. The Hall–Kier alpha value is -2.11. The van der Waals surface area contributed by atoms with E-state index in [4.69, 9.17) is 11.5 Å². The number of tetrazole rings is 1. The number of anilines is 2. The second-order valence-corrected chi connectivity index (χ2v) is 4.87. The summed E-state index contributed by atoms with van der Waals surface area (Å²) in [6.07, 6.45) is 3.84. The van der Waals surface area contributed by atoms with Gasteiger partial charge in [0.2, 0.25) is 0 Å². The molecular weight excluding hydrogens is 228 g/mol. The third-order valence-electron chi connectivity index (χ3n) is 3.42. The van der Waals surface area contributed by atoms with Gasteiger partial charge in [-0.2, -0.15) is 0 Å². The van der Waals surface area contributed by atoms with Gasteiger partial charge in [-0.25, -0.2) is 4.68 Å². The van der Waals surface area contributed by atoms with Gasteiger partial charge in [0.05, 0.1) is 0 Å². The van der Waals surface area contributed by atoms with E-state index in [0.717, 1.165) is 17.9 Å². The lowest BCUT2D eigenvalue weighted by Gasteiger charge is -2.25. The van der Waals surface area contributed by atoms with Crippen LogP contribution in [0.4, 0.5) is 11.4 Å². The SMILES string of the molecule is Nc1cc(N)cc(-c2nnnn2CC2CCC2)c1. The van der Waals surface area contributed by atoms with E-state index in [2.05, 4.69) is 15.5 Å². The Kier molecular flexibility index (Phi) is 2.62. The number of nitrogens with two attached hydrogens (primary N) is 2. The molecule has 3 rings (SSSR count). The van der Waals surface area contributed by atoms with Crippen molar-refractivity contribution in [2.75, 3.05) is 11.5 Å². The smallest absolute Gasteiger partial charge is 0.182 e. The zero-order chi connectivity index (χ0) is 12.5. The monoisotopic (exact) mass is 244 g/mol. The second kappa shape index (κ2) is 4.29. The van der Waals surface area contributed by atoms with Crippen LogP contribution < -0.4 is 11.5 Å². The zero-order valence-electron chi connectivity index (χ0n) is 10.1. The maximum Gasteiger partial charge on any atom is 0.182 e. The molecule has 94 valence electrons. The van der Waals surface area contributed by atoms with Gasteiger partial charge in [0.15, 0.2) is 5.82 Å². The van der Waals surface area contributed by atoms with Gasteiger partial charge in [0, 0.05) is 23.5 Å². The highest BCUT2D eigenvalue weighted by Gasteiger charge is 2.20. The van der Waals surface area contributed by atoms with Crippen molar-refractivity contribution >= 4 is 11.4 Å². The summed E-state index contributed by atoms with van der Waals surface area (Å²) in [5.41, 5.74) is 13.7. The minimum Gasteiger partial charge on any atom is -0.399 e. The highest BCUT2D eigenvalue weighted by Crippen LogP contribution is 2.29. The van der Waals surface area contributed by atoms with Crippen LogP contribution in [0, 0.1) is 5.92 Å². The van der Waals surface area contributed by atoms with Crippen molar-refractivity contribution < 1.29 is 0 Å². The number of benzene rings is 1. The predicted octanol–water partition coefficient (Wildman–Crippen LogP) is 1.30. The molecule has 18 heavy (non-hydrogen) atoms. The molecule has 1 aromatic carbocycles. The van der Waals surface area contributed by atoms with Crippen molar-refractivity contribution in [1.82, 2.24) is 20.2 Å². The largest absolute Gasteiger partial charge is 0.399 e. The first-order valence-electron chi connectivity index (χ1n) is 6.15. The van der Waals surface area contributed by atoms with Crippen LogP contribution in [0.1, 0.15) is 19.3 Å². The number of hydrogen-bond acceptors (Lipinski definition) is 5. The molecule has 1 aromatic heterocycles. The quantitative estimate of drug-likeness (QED) is 0.793. The van der Waals surface area contributed by atoms with Crippen LogP contribution in [0.25, 0.3) is 11.4 Å². The lowest BCUT2D eigenvalue weighted by Crippen LogP contribution is -2.19. The van der Waals surface area contributed by atoms with Gasteiger partial charge in [0.1, 0.15) is 0 Å². The van der Waals surface area contributed by atoms with Crippen LogP contribution in [0.2, 0.25) is 0 Å². The molecule has 0 bridgehead atoms. The first-order valence-corrected chi connectivity index (χ1v) is 6.15. The molecule has 0 aliphatic heterocycles. The topological polar surface area (TPSA) is 95.6 Å². The molecule has 6 heteroatoms. The van der Waals surface area contributed by atoms with Crippen molar-refractivity contribution in [2.45, 2.75) is 25.8 Å². The molecule has 0 unspecified atom stereocenters. The molecule has 1 heterocycles. The molecule has 1 aliphatic rings. The summed E-state index contributed by atoms with van der Waals surface area (Å²) in [6.45, 7) is 0.872. The van der Waals surface area contributed by atoms with Crippen molar-refractivity contribution in [2.24, 2.45) is 5.92 Å². The predicted molar refractivity (Wildman–Crippen MR) is 69.4 cm³/mol. The van der Waals surface area contributed by atoms with E-state index in [1.165, 1.54) is 19.3 Å². The lowest BCUT2D eigenvalue weighted by atomic mass is 9.85. The fourth-order valence-corrected chi connectivity index (χ4v) is 2.26. The third kappa shape index (κ3) is 2.01. The van der Waals surface area contributed by atoms with Crippen LogP contribution in [0.3, 0.4) is 0 Å². The van der Waals surface area contributed by atoms with E-state index in [-0.39, 0.29) is 0 Å². The molecule has 0 atom stereocenters. The Labute approximate surface area is 105 Å². The maximum atomic E-state index is 5.80. The van der Waals surface area contributed by atoms with Crippen LogP contribution in [-0.2, 0) is 6.54 Å². The summed E-state index contributed by atoms with van der Waals surface area (Å²) in [5.74, 6) is 1.44. The molecule has 1 saturated carbocycles. The van der Waals surface area contributed by atoms with Gasteiger partial charge >= 0.3 is 0 Å². The van der Waals surface area contributed by atoms with E-state index in [0.29, 0.717) is 17.3 Å². The van der Waals surface area contributed by atoms with Gasteiger partial charge in [0.25, 0.3) is 0 Å². The molecule has 0 spiro atoms. The van der Waals surface area contributed by atoms with E-state index in [9.17, 15) is 0 Å². The van der Waals surface area contributed by atoms with Crippen LogP contribution in [0.15, 0.2) is 18.2 Å². The molecule has 0 saturated heterocycles. The Morgan fingerprint density at radius 3 is 2.50 bits per heavy atom. The van der Waals surface area contributed by atoms with Gasteiger partial charge in [-0.05, 0) is 47.4 Å². The highest BCUT2D eigenvalue weighted by atomic mass is 15.5. The van der Waals surface area contributed by atoms with Gasteiger partial charge in [-0.3, -0.25) is 0 Å². The fourth-order valence-electron chi connectivity index (χ4n) is 2.26. The van der Waals surface area contributed by atoms with Crippen LogP contribution >= 0.6 is 0 Å². The van der Waals surface area contributed by atoms with E-state index in [1.54, 1.807) is 6.07 Å². The van der Waals surface area contributed by atoms with Crippen molar-refractivity contribution in [3.8, 4) is 11.4 Å². The van der Waals surface area contributed by atoms with E-state index >= 15 is 0 Å². The average molecular weight is 244 g/mol. The summed E-state index contributed by atoms with van der Waals surface area (Å²) in [4.78, 5) is 0. The molecule has 1 fully saturated rings. The third-order valence-corrected chi connectivity index (χ3v) is 3.42. The maximum absolute atomic E-state index is 5.80. The average Bonchev–Trinajstić information content (AvgIpc) is 2.70. The Bertz CT molecular complexity index is 537. The summed E-state index contributed by atoms with van der Waals surface area (Å²) in [6, 6.07) is 5.42. The summed E-state index contributed by atoms with van der Waals surface area (Å²) in [5, 5.41) is 11.9. The van der Waals surface area contributed by atoms with E-state index in [1.807, 2.05) is 16.8 Å². The van der Waals surface area contributed by atoms with Crippen molar-refractivity contribution in [1.29, 1.82) is 0 Å². The first kappa shape index (κ1) is 11.0. The normalized spacial score (nSPS) is 15.6. The van der Waals surface area contributed by atoms with E-state index < -0.39 is 0 Å². The van der Waals surface area contributed by atoms with Crippen molar-refractivity contribution in [3.63, 3.8) is 0 Å². The fraction of sp³-hybridized carbons (Fsp3) is 0.417. The molecule has 2 aromatic rings. The minimum absolute atomic E-state index is 0.628. The Balaban J connectivity index is 1.92. The van der Waals surface area contributed by atoms with Crippen molar-refractivity contribution in [3.05, 3.63) is 18.2 Å². The summed E-state index contributed by atoms with van der Waals surface area (Å²) in [7, 11) is 0. The van der Waals surface area contributed by atoms with Gasteiger partial charge < -0.3 is 11.5 Å². The van der Waals surface area contributed by atoms with Gasteiger partial charge in [-0.15, -0.1) is 5.10 Å². The number of nitrogen functional groups attached to an aromatic ring is 2. The molecule has 0 amide bonds. The lowest BCUT2D eigenvalue weighted by molar-refractivity contribution is 0.265. The highest BCUT2D eigenvalue weighted by molar-refractivity contribution is 5.67. The molecule has 1 aliphatic carbocycles. The van der Waals surface area contributed by atoms with Crippen LogP contribution in [0.5, 0.6) is 0 Å². The Morgan fingerprint density at radius 1 is 1.17 bits per heavy atom. The number of aromatic nitrogens is 4. The minimum atomic E-state index is 0.628. The summed E-state index contributed by atoms with van der Waals surface area (Å²) < 4.78 is 1.85. The number of nitrogens with zero attached hydrogens (tertiary/aromatic N) is 4. The standard InChI is InChI=1S/C12H16N6/c13-10-4-9(5-11(14)6-10)12-15-16-17-18(12)7-8-2-1-3-8/h4-6,8H,1-3,7,13-14H2. The molecule has 0 radical (unpaired) electrons. The van der Waals surface area contributed by atoms with Gasteiger partial charge in [-0.1, -0.05) is 6.42 Å². The number of rotatable bonds is 3. The molecular formula is C12H16N6. The summed E-state index contributed by atoms with van der Waals surface area (Å²) >= 11 is 0. The molecule has 4 N–H and O–H groups in total. The second-order valence-electron chi connectivity index (χ2n) is 4.87. The zero-order valence-corrected chi connectivity index (χ0v) is 10.1. The number of hydrogen-bond donors (Lipinski definition) is 2. The first-order chi connectivity index (χ1) is 8.72. The van der Waals surface area contributed by atoms with Crippen LogP contribution in [-0.4, -0.2) is 20.2 Å². The molecule has 6 nitrogen and oxygen atoms in total.